The predicted molar refractivity (Wildman–Crippen MR) is 148 cm³/mol. The number of hydrogen-bond donors (Lipinski definition) is 4. The Labute approximate surface area is 200 Å². The summed E-state index contributed by atoms with van der Waals surface area (Å²) < 4.78 is 0. The van der Waals surface area contributed by atoms with Crippen LogP contribution in [-0.4, -0.2) is 75.0 Å². The molecule has 0 amide bonds. The van der Waals surface area contributed by atoms with Gasteiger partial charge in [-0.2, -0.15) is 5.11 Å². The van der Waals surface area contributed by atoms with Gasteiger partial charge in [-0.05, 0) is 5.56 Å². The average molecular weight is 496 g/mol. The maximum atomic E-state index is 4.25. The highest BCUT2D eigenvalue weighted by molar-refractivity contribution is 6.75. The van der Waals surface area contributed by atoms with Crippen molar-refractivity contribution in [3.05, 3.63) is 35.9 Å². The van der Waals surface area contributed by atoms with Crippen LogP contribution < -0.4 is 20.4 Å². The zero-order valence-electron chi connectivity index (χ0n) is 21.9. The number of nitrogens with one attached hydrogen (secondary N) is 4. The Morgan fingerprint density at radius 2 is 1.22 bits per heavy atom. The zero-order valence-corrected chi connectivity index (χ0v) is 24.9. The summed E-state index contributed by atoms with van der Waals surface area (Å²) in [7, 11) is -4.00. The molecule has 0 saturated heterocycles. The smallest absolute Gasteiger partial charge is 0.140 e. The van der Waals surface area contributed by atoms with Crippen LogP contribution in [0.1, 0.15) is 5.56 Å². The van der Waals surface area contributed by atoms with Gasteiger partial charge in [0.1, 0.15) is 24.7 Å². The summed E-state index contributed by atoms with van der Waals surface area (Å²) in [5.41, 5.74) is 4.35. The van der Waals surface area contributed by atoms with Crippen LogP contribution in [0.4, 0.5) is 0 Å². The van der Waals surface area contributed by atoms with Gasteiger partial charge < -0.3 is 14.9 Å². The first kappa shape index (κ1) is 29.1. The van der Waals surface area contributed by atoms with E-state index >= 15 is 0 Å². The van der Waals surface area contributed by atoms with Crippen molar-refractivity contribution in [2.45, 2.75) is 58.9 Å². The molecule has 0 radical (unpaired) electrons. The fraction of sp³-hybridized carbons (Fsp3) is 0.727. The van der Waals surface area contributed by atoms with Crippen LogP contribution in [0.15, 0.2) is 40.7 Å². The molecule has 0 heterocycles. The molecule has 0 spiro atoms. The molecule has 4 N–H and O–H groups in total. The Morgan fingerprint density at radius 3 is 1.72 bits per heavy atom. The Hall–Kier alpha value is -0.889. The van der Waals surface area contributed by atoms with Gasteiger partial charge in [0.15, 0.2) is 0 Å². The standard InChI is InChI=1S/C22H49N7Si3/c1-30(2,3)25-14-17-29(18-15-26-31(4,5)6)19-16-27-32(7,8)21-24-28-23-20-22-12-10-9-11-13-22/h9-13,25-27H,14-21H2,1-8H3,(H,23,24). The van der Waals surface area contributed by atoms with Crippen molar-refractivity contribution in [2.75, 3.05) is 45.4 Å². The molecule has 0 aliphatic heterocycles. The van der Waals surface area contributed by atoms with Gasteiger partial charge in [-0.1, -0.05) is 87.9 Å². The van der Waals surface area contributed by atoms with E-state index in [1.165, 1.54) is 5.56 Å². The van der Waals surface area contributed by atoms with Gasteiger partial charge in [-0.3, -0.25) is 10.3 Å². The SMILES string of the molecule is C[Si](C)(C)NCCN(CCN[Si](C)(C)C)CCN[Si](C)(C)CNN=NCc1ccccc1. The highest BCUT2D eigenvalue weighted by Crippen LogP contribution is 2.01. The van der Waals surface area contributed by atoms with Gasteiger partial charge >= 0.3 is 0 Å². The summed E-state index contributed by atoms with van der Waals surface area (Å²) in [5.74, 6) is 0. The van der Waals surface area contributed by atoms with Crippen molar-refractivity contribution >= 4 is 24.7 Å². The second-order valence-electron chi connectivity index (χ2n) is 11.2. The van der Waals surface area contributed by atoms with Crippen molar-refractivity contribution in [3.8, 4) is 0 Å². The summed E-state index contributed by atoms with van der Waals surface area (Å²) in [6.07, 6.45) is 0.875. The third kappa shape index (κ3) is 16.7. The largest absolute Gasteiger partial charge is 0.336 e. The van der Waals surface area contributed by atoms with Crippen LogP contribution in [0, 0.1) is 0 Å². The highest BCUT2D eigenvalue weighted by atomic mass is 28.3. The van der Waals surface area contributed by atoms with Gasteiger partial charge in [0.25, 0.3) is 0 Å². The minimum atomic E-state index is -1.58. The maximum Gasteiger partial charge on any atom is 0.140 e. The molecule has 0 bridgehead atoms. The van der Waals surface area contributed by atoms with Crippen LogP contribution in [0.3, 0.4) is 0 Å². The number of hydrogen-bond acceptors (Lipinski definition) is 6. The lowest BCUT2D eigenvalue weighted by Crippen LogP contribution is -2.55. The minimum Gasteiger partial charge on any atom is -0.336 e. The second kappa shape index (κ2) is 14.4. The monoisotopic (exact) mass is 495 g/mol. The summed E-state index contributed by atoms with van der Waals surface area (Å²) >= 11 is 0. The van der Waals surface area contributed by atoms with E-state index < -0.39 is 24.7 Å². The summed E-state index contributed by atoms with van der Waals surface area (Å²) in [6.45, 7) is 26.0. The minimum absolute atomic E-state index is 0.620. The normalized spacial score (nSPS) is 13.3. The molecule has 7 nitrogen and oxygen atoms in total. The molecule has 1 aromatic rings. The second-order valence-corrected chi connectivity index (χ2v) is 25.4. The molecule has 1 rings (SSSR count). The molecule has 32 heavy (non-hydrogen) atoms. The lowest BCUT2D eigenvalue weighted by Gasteiger charge is -2.29. The van der Waals surface area contributed by atoms with Crippen LogP contribution >= 0.6 is 0 Å². The van der Waals surface area contributed by atoms with E-state index in [1.807, 2.05) is 18.2 Å². The lowest BCUT2D eigenvalue weighted by molar-refractivity contribution is 0.286. The number of nitrogens with zero attached hydrogens (tertiary/aromatic N) is 3. The molecule has 0 unspecified atom stereocenters. The van der Waals surface area contributed by atoms with Crippen molar-refractivity contribution in [3.63, 3.8) is 0 Å². The van der Waals surface area contributed by atoms with Crippen LogP contribution in [-0.2, 0) is 6.54 Å². The molecular weight excluding hydrogens is 447 g/mol. The van der Waals surface area contributed by atoms with E-state index in [4.69, 9.17) is 0 Å². The Kier molecular flexibility index (Phi) is 13.1. The average Bonchev–Trinajstić information content (AvgIpc) is 2.66. The van der Waals surface area contributed by atoms with E-state index in [0.29, 0.717) is 6.54 Å². The molecular formula is C22H49N7Si3. The van der Waals surface area contributed by atoms with Crippen LogP contribution in [0.5, 0.6) is 0 Å². The first-order valence-electron chi connectivity index (χ1n) is 12.0. The van der Waals surface area contributed by atoms with Gasteiger partial charge in [-0.15, -0.1) is 0 Å². The first-order valence-corrected chi connectivity index (χ1v) is 22.2. The first-order chi connectivity index (χ1) is 14.9. The van der Waals surface area contributed by atoms with Crippen LogP contribution in [0.25, 0.3) is 0 Å². The number of benzene rings is 1. The van der Waals surface area contributed by atoms with Crippen molar-refractivity contribution < 1.29 is 0 Å². The van der Waals surface area contributed by atoms with Gasteiger partial charge in [-0.25, -0.2) is 0 Å². The molecule has 1 aromatic carbocycles. The molecule has 0 aliphatic rings. The van der Waals surface area contributed by atoms with E-state index in [-0.39, 0.29) is 0 Å². The maximum absolute atomic E-state index is 4.25. The number of rotatable bonds is 17. The molecule has 0 fully saturated rings. The fourth-order valence-corrected chi connectivity index (χ4v) is 6.21. The Bertz CT molecular complexity index is 623. The molecule has 0 saturated carbocycles. The van der Waals surface area contributed by atoms with E-state index in [0.717, 1.165) is 45.4 Å². The highest BCUT2D eigenvalue weighted by Gasteiger charge is 2.20. The molecule has 0 atom stereocenters. The van der Waals surface area contributed by atoms with Crippen molar-refractivity contribution in [1.82, 2.24) is 25.3 Å². The molecule has 0 aliphatic carbocycles. The zero-order chi connectivity index (χ0) is 24.1. The van der Waals surface area contributed by atoms with E-state index in [2.05, 4.69) is 100 Å². The summed E-state index contributed by atoms with van der Waals surface area (Å²) in [6, 6.07) is 10.2. The van der Waals surface area contributed by atoms with Gasteiger partial charge in [0, 0.05) is 45.4 Å². The third-order valence-electron chi connectivity index (χ3n) is 4.96. The van der Waals surface area contributed by atoms with Crippen LogP contribution in [0.2, 0.25) is 52.4 Å². The third-order valence-corrected chi connectivity index (χ3v) is 9.83. The van der Waals surface area contributed by atoms with E-state index in [1.54, 1.807) is 0 Å². The van der Waals surface area contributed by atoms with Crippen molar-refractivity contribution in [2.24, 2.45) is 10.3 Å². The fourth-order valence-electron chi connectivity index (χ4n) is 3.11. The lowest BCUT2D eigenvalue weighted by atomic mass is 10.2. The molecule has 184 valence electrons. The van der Waals surface area contributed by atoms with Gasteiger partial charge in [0.2, 0.25) is 0 Å². The van der Waals surface area contributed by atoms with Gasteiger partial charge in [0.05, 0.1) is 6.54 Å². The Morgan fingerprint density at radius 1 is 0.719 bits per heavy atom. The molecule has 0 aromatic heterocycles. The Balaban J connectivity index is 2.36. The topological polar surface area (TPSA) is 76.1 Å². The van der Waals surface area contributed by atoms with Crippen molar-refractivity contribution in [1.29, 1.82) is 0 Å². The quantitative estimate of drug-likeness (QED) is 0.151. The molecule has 10 heteroatoms. The predicted octanol–water partition coefficient (Wildman–Crippen LogP) is 3.63. The summed E-state index contributed by atoms with van der Waals surface area (Å²) in [4.78, 5) is 13.9. The summed E-state index contributed by atoms with van der Waals surface area (Å²) in [5, 5.41) is 8.43. The van der Waals surface area contributed by atoms with E-state index in [9.17, 15) is 0 Å².